The van der Waals surface area contributed by atoms with Crippen LogP contribution in [0.4, 0.5) is 15.9 Å². The Bertz CT molecular complexity index is 1550. The van der Waals surface area contributed by atoms with Crippen LogP contribution in [-0.4, -0.2) is 35.3 Å². The van der Waals surface area contributed by atoms with Gasteiger partial charge in [0.05, 0.1) is 39.4 Å². The fourth-order valence-electron chi connectivity index (χ4n) is 3.64. The summed E-state index contributed by atoms with van der Waals surface area (Å²) in [6.45, 7) is 3.82. The molecule has 2 aromatic carbocycles. The predicted molar refractivity (Wildman–Crippen MR) is 134 cm³/mol. The maximum absolute atomic E-state index is 14.0. The summed E-state index contributed by atoms with van der Waals surface area (Å²) >= 11 is 6.06. The van der Waals surface area contributed by atoms with Gasteiger partial charge in [0.2, 0.25) is 0 Å². The number of carbonyl (C=O) groups excluding carboxylic acids is 1. The fourth-order valence-corrected chi connectivity index (χ4v) is 4.69. The summed E-state index contributed by atoms with van der Waals surface area (Å²) in [5.74, 6) is -1.04. The van der Waals surface area contributed by atoms with Crippen molar-refractivity contribution in [3.8, 4) is 0 Å². The molecule has 2 heterocycles. The molecule has 0 aliphatic heterocycles. The van der Waals surface area contributed by atoms with E-state index in [-0.39, 0.29) is 34.6 Å². The third-order valence-electron chi connectivity index (χ3n) is 5.44. The van der Waals surface area contributed by atoms with Gasteiger partial charge in [-0.05, 0) is 49.7 Å². The van der Waals surface area contributed by atoms with E-state index < -0.39 is 21.6 Å². The normalized spacial score (nSPS) is 11.8. The lowest BCUT2D eigenvalue weighted by molar-refractivity contribution is 0.0984. The van der Waals surface area contributed by atoms with Crippen LogP contribution >= 0.6 is 11.6 Å². The minimum atomic E-state index is -3.86. The highest BCUT2D eigenvalue weighted by atomic mass is 35.5. The summed E-state index contributed by atoms with van der Waals surface area (Å²) in [4.78, 5) is 18.9. The Kier molecular flexibility index (Phi) is 6.52. The van der Waals surface area contributed by atoms with E-state index >= 15 is 0 Å². The van der Waals surface area contributed by atoms with Crippen LogP contribution in [0.3, 0.4) is 0 Å². The van der Waals surface area contributed by atoms with Gasteiger partial charge < -0.3 is 10.6 Å². The predicted octanol–water partition coefficient (Wildman–Crippen LogP) is 4.64. The lowest BCUT2D eigenvalue weighted by atomic mass is 10.1. The number of pyridine rings is 1. The Morgan fingerprint density at radius 3 is 2.60 bits per heavy atom. The third kappa shape index (κ3) is 5.13. The molecule has 0 bridgehead atoms. The van der Waals surface area contributed by atoms with Gasteiger partial charge in [-0.15, -0.1) is 0 Å². The van der Waals surface area contributed by atoms with Crippen LogP contribution in [0.15, 0.2) is 59.8 Å². The highest BCUT2D eigenvalue weighted by Crippen LogP contribution is 2.30. The monoisotopic (exact) mass is 515 g/mol. The van der Waals surface area contributed by atoms with Gasteiger partial charge in [0.25, 0.3) is 5.91 Å². The molecule has 1 amide bonds. The second kappa shape index (κ2) is 9.27. The zero-order chi connectivity index (χ0) is 25.5. The number of hydrogen-bond donors (Lipinski definition) is 1. The molecule has 0 saturated heterocycles. The van der Waals surface area contributed by atoms with E-state index in [1.54, 1.807) is 35.1 Å². The maximum Gasteiger partial charge on any atom is 0.261 e. The van der Waals surface area contributed by atoms with Crippen molar-refractivity contribution >= 4 is 49.8 Å². The van der Waals surface area contributed by atoms with Gasteiger partial charge in [0, 0.05) is 23.9 Å². The highest BCUT2D eigenvalue weighted by Gasteiger charge is 2.26. The van der Waals surface area contributed by atoms with E-state index in [9.17, 15) is 17.6 Å². The van der Waals surface area contributed by atoms with Crippen molar-refractivity contribution in [1.82, 2.24) is 14.8 Å². The fraction of sp³-hybridized carbons (Fsp3) is 0.208. The minimum absolute atomic E-state index is 0.0139. The quantitative estimate of drug-likeness (QED) is 0.400. The number of carbonyl (C=O) groups is 1. The van der Waals surface area contributed by atoms with Crippen molar-refractivity contribution < 1.29 is 17.6 Å². The van der Waals surface area contributed by atoms with Crippen molar-refractivity contribution in [3.63, 3.8) is 0 Å². The van der Waals surface area contributed by atoms with Crippen molar-refractivity contribution in [1.29, 1.82) is 0 Å². The molecule has 35 heavy (non-hydrogen) atoms. The number of nitrogen functional groups attached to an aromatic ring is 1. The number of nitrogens with zero attached hydrogens (tertiary/aromatic N) is 4. The number of rotatable bonds is 6. The van der Waals surface area contributed by atoms with Crippen molar-refractivity contribution in [2.75, 3.05) is 16.9 Å². The van der Waals surface area contributed by atoms with Crippen molar-refractivity contribution in [2.24, 2.45) is 0 Å². The molecule has 4 rings (SSSR count). The number of halogens is 2. The minimum Gasteiger partial charge on any atom is -0.382 e. The Balaban J connectivity index is 1.84. The van der Waals surface area contributed by atoms with Crippen LogP contribution in [0.2, 0.25) is 5.02 Å². The molecule has 4 aromatic rings. The van der Waals surface area contributed by atoms with Crippen LogP contribution in [0.5, 0.6) is 0 Å². The first-order valence-electron chi connectivity index (χ1n) is 10.6. The van der Waals surface area contributed by atoms with E-state index in [4.69, 9.17) is 17.3 Å². The molecule has 0 aliphatic rings. The average Bonchev–Trinajstić information content (AvgIpc) is 3.28. The van der Waals surface area contributed by atoms with Gasteiger partial charge in [-0.25, -0.2) is 17.8 Å². The van der Waals surface area contributed by atoms with Gasteiger partial charge >= 0.3 is 0 Å². The molecular formula is C24H23ClFN5O3S. The molecule has 0 radical (unpaired) electrons. The molecule has 182 valence electrons. The first kappa shape index (κ1) is 24.6. The SMILES string of the molecule is CC(C)n1cc(C(=O)N(Cc2ccc3cc(Cl)c(N)nc3c2)c2ccc(F)cc2S(C)(=O)=O)cn1. The number of hydrogen-bond acceptors (Lipinski definition) is 6. The topological polar surface area (TPSA) is 111 Å². The first-order valence-corrected chi connectivity index (χ1v) is 12.9. The molecule has 2 aromatic heterocycles. The van der Waals surface area contributed by atoms with Gasteiger partial charge in [0.1, 0.15) is 11.6 Å². The molecule has 0 aliphatic carbocycles. The zero-order valence-electron chi connectivity index (χ0n) is 19.2. The van der Waals surface area contributed by atoms with E-state index in [1.165, 1.54) is 17.2 Å². The van der Waals surface area contributed by atoms with Crippen LogP contribution in [0.1, 0.15) is 35.8 Å². The van der Waals surface area contributed by atoms with Crippen LogP contribution < -0.4 is 10.6 Å². The summed E-state index contributed by atoms with van der Waals surface area (Å²) in [5, 5.41) is 5.30. The molecule has 0 fully saturated rings. The van der Waals surface area contributed by atoms with E-state index in [2.05, 4.69) is 10.1 Å². The van der Waals surface area contributed by atoms with E-state index in [0.29, 0.717) is 16.1 Å². The number of anilines is 2. The molecule has 0 spiro atoms. The zero-order valence-corrected chi connectivity index (χ0v) is 20.8. The summed E-state index contributed by atoms with van der Waals surface area (Å²) in [7, 11) is -3.86. The Hall–Kier alpha value is -3.50. The van der Waals surface area contributed by atoms with Crippen molar-refractivity contribution in [3.05, 3.63) is 76.8 Å². The second-order valence-corrected chi connectivity index (χ2v) is 10.9. The Labute approximate surface area is 207 Å². The largest absolute Gasteiger partial charge is 0.382 e. The summed E-state index contributed by atoms with van der Waals surface area (Å²) in [5.41, 5.74) is 7.37. The second-order valence-electron chi connectivity index (χ2n) is 8.46. The first-order chi connectivity index (χ1) is 16.4. The smallest absolute Gasteiger partial charge is 0.261 e. The van der Waals surface area contributed by atoms with Crippen LogP contribution in [0.25, 0.3) is 10.9 Å². The number of amides is 1. The third-order valence-corrected chi connectivity index (χ3v) is 6.87. The molecule has 0 unspecified atom stereocenters. The van der Waals surface area contributed by atoms with Gasteiger partial charge in [-0.2, -0.15) is 5.10 Å². The molecule has 8 nitrogen and oxygen atoms in total. The van der Waals surface area contributed by atoms with Gasteiger partial charge in [-0.3, -0.25) is 9.48 Å². The summed E-state index contributed by atoms with van der Waals surface area (Å²) < 4.78 is 40.6. The summed E-state index contributed by atoms with van der Waals surface area (Å²) in [6, 6.07) is 10.3. The maximum atomic E-state index is 14.0. The average molecular weight is 516 g/mol. The highest BCUT2D eigenvalue weighted by molar-refractivity contribution is 7.90. The number of fused-ring (bicyclic) bond motifs is 1. The lowest BCUT2D eigenvalue weighted by Crippen LogP contribution is -2.31. The Morgan fingerprint density at radius 2 is 1.94 bits per heavy atom. The van der Waals surface area contributed by atoms with Crippen LogP contribution in [0, 0.1) is 5.82 Å². The molecule has 2 N–H and O–H groups in total. The summed E-state index contributed by atoms with van der Waals surface area (Å²) in [6.07, 6.45) is 3.98. The number of aromatic nitrogens is 3. The number of sulfone groups is 1. The number of benzene rings is 2. The Morgan fingerprint density at radius 1 is 1.20 bits per heavy atom. The van der Waals surface area contributed by atoms with E-state index in [1.807, 2.05) is 13.8 Å². The standard InChI is InChI=1S/C24H23ClFN5O3S/c1-14(2)31-13-17(11-28-31)24(32)30(21-7-6-18(26)10-22(21)35(3,33)34)12-15-4-5-16-9-19(25)23(27)29-20(16)8-15/h4-11,13-14H,12H2,1-3H3,(H2,27,29). The number of nitrogens with two attached hydrogens (primary N) is 1. The molecule has 11 heteroatoms. The molecule has 0 atom stereocenters. The van der Waals surface area contributed by atoms with E-state index in [0.717, 1.165) is 23.8 Å². The lowest BCUT2D eigenvalue weighted by Gasteiger charge is -2.25. The van der Waals surface area contributed by atoms with Crippen LogP contribution in [-0.2, 0) is 16.4 Å². The van der Waals surface area contributed by atoms with Crippen molar-refractivity contribution in [2.45, 2.75) is 31.3 Å². The molecular weight excluding hydrogens is 493 g/mol. The van der Waals surface area contributed by atoms with Gasteiger partial charge in [0.15, 0.2) is 9.84 Å². The molecule has 0 saturated carbocycles. The van der Waals surface area contributed by atoms with Gasteiger partial charge in [-0.1, -0.05) is 23.7 Å².